The predicted octanol–water partition coefficient (Wildman–Crippen LogP) is 1.78. The van der Waals surface area contributed by atoms with Gasteiger partial charge >= 0.3 is 0 Å². The highest BCUT2D eigenvalue weighted by Gasteiger charge is 2.22. The summed E-state index contributed by atoms with van der Waals surface area (Å²) in [7, 11) is 0. The molecule has 1 amide bonds. The Morgan fingerprint density at radius 2 is 2.43 bits per heavy atom. The SMILES string of the molecule is O=C(Nc1ncn(Cc2cccc(Br)c2)n1)C1CCCN1. The molecule has 1 aliphatic heterocycles. The van der Waals surface area contributed by atoms with Crippen LogP contribution in [0.1, 0.15) is 18.4 Å². The number of carbonyl (C=O) groups is 1. The van der Waals surface area contributed by atoms with Gasteiger partial charge in [-0.05, 0) is 37.1 Å². The van der Waals surface area contributed by atoms with Crippen LogP contribution in [0.15, 0.2) is 35.1 Å². The summed E-state index contributed by atoms with van der Waals surface area (Å²) in [5.41, 5.74) is 1.12. The normalized spacial score (nSPS) is 17.9. The van der Waals surface area contributed by atoms with Crippen LogP contribution in [-0.4, -0.2) is 33.3 Å². The van der Waals surface area contributed by atoms with Crippen molar-refractivity contribution in [1.29, 1.82) is 0 Å². The molecule has 0 bridgehead atoms. The number of aromatic nitrogens is 3. The minimum absolute atomic E-state index is 0.0623. The van der Waals surface area contributed by atoms with Crippen molar-refractivity contribution >= 4 is 27.8 Å². The molecule has 1 saturated heterocycles. The number of nitrogens with one attached hydrogen (secondary N) is 2. The quantitative estimate of drug-likeness (QED) is 0.882. The molecule has 1 atom stereocenters. The van der Waals surface area contributed by atoms with Gasteiger partial charge < -0.3 is 5.32 Å². The van der Waals surface area contributed by atoms with E-state index in [9.17, 15) is 4.79 Å². The highest BCUT2D eigenvalue weighted by molar-refractivity contribution is 9.10. The molecular formula is C14H16BrN5O. The molecule has 1 fully saturated rings. The zero-order valence-corrected chi connectivity index (χ0v) is 13.0. The Balaban J connectivity index is 1.62. The van der Waals surface area contributed by atoms with E-state index in [1.54, 1.807) is 11.0 Å². The van der Waals surface area contributed by atoms with Gasteiger partial charge in [0.1, 0.15) is 6.33 Å². The van der Waals surface area contributed by atoms with Crippen molar-refractivity contribution in [3.8, 4) is 0 Å². The van der Waals surface area contributed by atoms with Crippen molar-refractivity contribution in [2.75, 3.05) is 11.9 Å². The van der Waals surface area contributed by atoms with Gasteiger partial charge in [-0.15, -0.1) is 5.10 Å². The van der Waals surface area contributed by atoms with Crippen LogP contribution in [0.4, 0.5) is 5.95 Å². The summed E-state index contributed by atoms with van der Waals surface area (Å²) in [5, 5.41) is 10.2. The van der Waals surface area contributed by atoms with Gasteiger partial charge in [-0.3, -0.25) is 10.1 Å². The van der Waals surface area contributed by atoms with Crippen LogP contribution in [0.5, 0.6) is 0 Å². The number of nitrogens with zero attached hydrogens (tertiary/aromatic N) is 3. The molecule has 1 unspecified atom stereocenters. The highest BCUT2D eigenvalue weighted by Crippen LogP contribution is 2.13. The standard InChI is InChI=1S/C14H16BrN5O/c15-11-4-1-3-10(7-11)8-20-9-17-14(19-20)18-13(21)12-5-2-6-16-12/h1,3-4,7,9,12,16H,2,5-6,8H2,(H,18,19,21). The second kappa shape index (κ2) is 6.36. The molecule has 1 aliphatic rings. The average molecular weight is 350 g/mol. The largest absolute Gasteiger partial charge is 0.306 e. The number of amides is 1. The molecule has 6 nitrogen and oxygen atoms in total. The molecule has 3 rings (SSSR count). The van der Waals surface area contributed by atoms with E-state index in [-0.39, 0.29) is 11.9 Å². The van der Waals surface area contributed by atoms with Gasteiger partial charge in [-0.25, -0.2) is 9.67 Å². The van der Waals surface area contributed by atoms with Crippen LogP contribution in [0.2, 0.25) is 0 Å². The monoisotopic (exact) mass is 349 g/mol. The average Bonchev–Trinajstić information content (AvgIpc) is 3.10. The number of hydrogen-bond donors (Lipinski definition) is 2. The molecule has 1 aromatic heterocycles. The Morgan fingerprint density at radius 1 is 1.52 bits per heavy atom. The predicted molar refractivity (Wildman–Crippen MR) is 82.9 cm³/mol. The van der Waals surface area contributed by atoms with E-state index >= 15 is 0 Å². The van der Waals surface area contributed by atoms with Crippen LogP contribution in [0, 0.1) is 0 Å². The van der Waals surface area contributed by atoms with Crippen molar-refractivity contribution in [2.24, 2.45) is 0 Å². The summed E-state index contributed by atoms with van der Waals surface area (Å²) in [6, 6.07) is 7.88. The number of hydrogen-bond acceptors (Lipinski definition) is 4. The van der Waals surface area contributed by atoms with Gasteiger partial charge in [0.05, 0.1) is 12.6 Å². The highest BCUT2D eigenvalue weighted by atomic mass is 79.9. The van der Waals surface area contributed by atoms with Gasteiger partial charge in [0, 0.05) is 4.47 Å². The molecule has 1 aromatic carbocycles. The summed E-state index contributed by atoms with van der Waals surface area (Å²) < 4.78 is 2.74. The van der Waals surface area contributed by atoms with Crippen LogP contribution in [0.25, 0.3) is 0 Å². The molecule has 21 heavy (non-hydrogen) atoms. The van der Waals surface area contributed by atoms with Crippen LogP contribution in [0.3, 0.4) is 0 Å². The molecule has 2 heterocycles. The van der Waals surface area contributed by atoms with Crippen molar-refractivity contribution < 1.29 is 4.79 Å². The first-order chi connectivity index (χ1) is 10.2. The van der Waals surface area contributed by atoms with Gasteiger partial charge in [0.2, 0.25) is 11.9 Å². The zero-order chi connectivity index (χ0) is 14.7. The molecular weight excluding hydrogens is 334 g/mol. The molecule has 0 aliphatic carbocycles. The summed E-state index contributed by atoms with van der Waals surface area (Å²) in [4.78, 5) is 16.1. The van der Waals surface area contributed by atoms with Crippen molar-refractivity contribution in [3.05, 3.63) is 40.6 Å². The van der Waals surface area contributed by atoms with E-state index < -0.39 is 0 Å². The number of anilines is 1. The summed E-state index contributed by atoms with van der Waals surface area (Å²) >= 11 is 3.44. The van der Waals surface area contributed by atoms with Gasteiger partial charge in [0.25, 0.3) is 0 Å². The third kappa shape index (κ3) is 3.68. The fourth-order valence-corrected chi connectivity index (χ4v) is 2.80. The lowest BCUT2D eigenvalue weighted by atomic mass is 10.2. The molecule has 110 valence electrons. The van der Waals surface area contributed by atoms with E-state index in [2.05, 4.69) is 36.6 Å². The Labute approximate surface area is 131 Å². The van der Waals surface area contributed by atoms with Crippen molar-refractivity contribution in [2.45, 2.75) is 25.4 Å². The fourth-order valence-electron chi connectivity index (χ4n) is 2.36. The maximum atomic E-state index is 12.0. The van der Waals surface area contributed by atoms with Gasteiger partial charge in [-0.1, -0.05) is 28.1 Å². The van der Waals surface area contributed by atoms with E-state index in [0.29, 0.717) is 12.5 Å². The van der Waals surface area contributed by atoms with Crippen molar-refractivity contribution in [1.82, 2.24) is 20.1 Å². The first-order valence-electron chi connectivity index (χ1n) is 6.89. The Morgan fingerprint density at radius 3 is 3.19 bits per heavy atom. The maximum Gasteiger partial charge on any atom is 0.248 e. The zero-order valence-electron chi connectivity index (χ0n) is 11.4. The minimum atomic E-state index is -0.123. The van der Waals surface area contributed by atoms with Crippen molar-refractivity contribution in [3.63, 3.8) is 0 Å². The molecule has 0 saturated carbocycles. The minimum Gasteiger partial charge on any atom is -0.306 e. The van der Waals surface area contributed by atoms with Crippen LogP contribution < -0.4 is 10.6 Å². The first kappa shape index (κ1) is 14.2. The smallest absolute Gasteiger partial charge is 0.248 e. The number of rotatable bonds is 4. The third-order valence-corrected chi connectivity index (χ3v) is 3.88. The number of benzene rings is 1. The second-order valence-corrected chi connectivity index (χ2v) is 5.95. The fraction of sp³-hybridized carbons (Fsp3) is 0.357. The lowest BCUT2D eigenvalue weighted by Crippen LogP contribution is -2.35. The number of halogens is 1. The maximum absolute atomic E-state index is 12.0. The van der Waals surface area contributed by atoms with Gasteiger partial charge in [0.15, 0.2) is 0 Å². The summed E-state index contributed by atoms with van der Waals surface area (Å²) in [6.07, 6.45) is 3.52. The van der Waals surface area contributed by atoms with Gasteiger partial charge in [-0.2, -0.15) is 0 Å². The molecule has 2 aromatic rings. The Kier molecular flexibility index (Phi) is 4.31. The van der Waals surface area contributed by atoms with E-state index in [1.165, 1.54) is 0 Å². The molecule has 0 spiro atoms. The topological polar surface area (TPSA) is 71.8 Å². The molecule has 2 N–H and O–H groups in total. The number of carbonyl (C=O) groups excluding carboxylic acids is 1. The lowest BCUT2D eigenvalue weighted by Gasteiger charge is -2.08. The third-order valence-electron chi connectivity index (χ3n) is 3.38. The van der Waals surface area contributed by atoms with Crippen LogP contribution >= 0.6 is 15.9 Å². The summed E-state index contributed by atoms with van der Waals surface area (Å²) in [5.74, 6) is 0.288. The first-order valence-corrected chi connectivity index (χ1v) is 7.68. The second-order valence-electron chi connectivity index (χ2n) is 5.03. The Bertz CT molecular complexity index is 636. The Hall–Kier alpha value is -1.73. The summed E-state index contributed by atoms with van der Waals surface area (Å²) in [6.45, 7) is 1.51. The van der Waals surface area contributed by atoms with E-state index in [4.69, 9.17) is 0 Å². The van der Waals surface area contributed by atoms with E-state index in [0.717, 1.165) is 29.4 Å². The molecule has 7 heteroatoms. The lowest BCUT2D eigenvalue weighted by molar-refractivity contribution is -0.117. The van der Waals surface area contributed by atoms with E-state index in [1.807, 2.05) is 24.3 Å². The molecule has 0 radical (unpaired) electrons. The van der Waals surface area contributed by atoms with Crippen LogP contribution in [-0.2, 0) is 11.3 Å².